The van der Waals surface area contributed by atoms with Crippen molar-refractivity contribution in [3.63, 3.8) is 0 Å². The van der Waals surface area contributed by atoms with Crippen LogP contribution in [0.15, 0.2) is 24.7 Å². The van der Waals surface area contributed by atoms with Gasteiger partial charge in [-0.3, -0.25) is 4.90 Å². The first-order valence-electron chi connectivity index (χ1n) is 8.76. The van der Waals surface area contributed by atoms with Gasteiger partial charge in [0.1, 0.15) is 18.8 Å². The van der Waals surface area contributed by atoms with Crippen LogP contribution in [0.3, 0.4) is 0 Å². The minimum atomic E-state index is -1.09. The van der Waals surface area contributed by atoms with Crippen molar-refractivity contribution in [3.8, 4) is 17.1 Å². The molecule has 8 heteroatoms. The molecular weight excluding hydrogens is 346 g/mol. The van der Waals surface area contributed by atoms with Crippen LogP contribution in [0.1, 0.15) is 32.8 Å². The molecule has 2 aromatic heterocycles. The number of ether oxygens (including phenoxy) is 1. The number of amides is 1. The van der Waals surface area contributed by atoms with E-state index in [-0.39, 0.29) is 5.82 Å². The monoisotopic (exact) mass is 373 g/mol. The van der Waals surface area contributed by atoms with E-state index < -0.39 is 11.6 Å². The summed E-state index contributed by atoms with van der Waals surface area (Å²) in [6.07, 6.45) is 2.73. The van der Waals surface area contributed by atoms with Crippen LogP contribution in [-0.2, 0) is 0 Å². The Morgan fingerprint density at radius 1 is 1.33 bits per heavy atom. The fourth-order valence-corrected chi connectivity index (χ4v) is 2.86. The number of nitrogens with two attached hydrogens (primary N) is 1. The lowest BCUT2D eigenvalue weighted by Crippen LogP contribution is -2.43. The molecule has 0 spiro atoms. The van der Waals surface area contributed by atoms with Crippen molar-refractivity contribution in [2.24, 2.45) is 11.7 Å². The average Bonchev–Trinajstić information content (AvgIpc) is 2.59. The number of nitrogens with zero attached hydrogens (tertiary/aromatic N) is 4. The van der Waals surface area contributed by atoms with Crippen molar-refractivity contribution < 1.29 is 14.6 Å². The number of hydrogen-bond acceptors (Lipinski definition) is 6. The van der Waals surface area contributed by atoms with Crippen LogP contribution in [-0.4, -0.2) is 45.3 Å². The number of carboxylic acid groups (broad SMARTS) is 1. The highest BCUT2D eigenvalue weighted by molar-refractivity contribution is 5.84. The number of anilines is 1. The van der Waals surface area contributed by atoms with Crippen LogP contribution in [0.4, 0.5) is 10.6 Å². The fourth-order valence-electron chi connectivity index (χ4n) is 2.86. The first-order chi connectivity index (χ1) is 12.6. The van der Waals surface area contributed by atoms with Crippen LogP contribution < -0.4 is 15.4 Å². The number of aromatic nitrogens is 3. The van der Waals surface area contributed by atoms with Crippen molar-refractivity contribution in [1.29, 1.82) is 0 Å². The molecule has 2 rings (SSSR count). The number of hydrogen-bond donors (Lipinski definition) is 2. The van der Waals surface area contributed by atoms with E-state index in [0.717, 1.165) is 22.4 Å². The quantitative estimate of drug-likeness (QED) is 0.766. The lowest BCUT2D eigenvalue weighted by molar-refractivity contribution is 0.199. The number of rotatable bonds is 7. The van der Waals surface area contributed by atoms with Gasteiger partial charge in [-0.25, -0.2) is 19.7 Å². The van der Waals surface area contributed by atoms with Crippen molar-refractivity contribution in [2.75, 3.05) is 18.6 Å². The fraction of sp³-hybridized carbons (Fsp3) is 0.474. The summed E-state index contributed by atoms with van der Waals surface area (Å²) in [6.45, 7) is 8.49. The standard InChI is InChI=1S/C19H27N5O3/c1-12(2)8-19(4,20)10-27-17-13(3)6-14(9-21-17)15-7-16(23-11-22-15)24(5)18(25)26/h6-7,9,11-12H,8,10,20H2,1-5H3,(H,25,26)/t19-/m0/s1. The maximum absolute atomic E-state index is 11.1. The van der Waals surface area contributed by atoms with Crippen LogP contribution in [0.2, 0.25) is 0 Å². The van der Waals surface area contributed by atoms with E-state index in [4.69, 9.17) is 15.6 Å². The van der Waals surface area contributed by atoms with E-state index in [2.05, 4.69) is 28.8 Å². The predicted molar refractivity (Wildman–Crippen MR) is 104 cm³/mol. The largest absolute Gasteiger partial charge is 0.476 e. The molecule has 0 aliphatic heterocycles. The summed E-state index contributed by atoms with van der Waals surface area (Å²) < 4.78 is 5.83. The van der Waals surface area contributed by atoms with Gasteiger partial charge in [-0.05, 0) is 32.3 Å². The summed E-state index contributed by atoms with van der Waals surface area (Å²) in [5.74, 6) is 1.30. The third-order valence-electron chi connectivity index (χ3n) is 4.02. The zero-order valence-electron chi connectivity index (χ0n) is 16.4. The molecule has 2 aromatic rings. The highest BCUT2D eigenvalue weighted by atomic mass is 16.5. The molecule has 2 heterocycles. The molecule has 0 aliphatic carbocycles. The first kappa shape index (κ1) is 20.6. The summed E-state index contributed by atoms with van der Waals surface area (Å²) in [5, 5.41) is 9.08. The molecule has 8 nitrogen and oxygen atoms in total. The van der Waals surface area contributed by atoms with Crippen molar-refractivity contribution in [3.05, 3.63) is 30.2 Å². The molecule has 1 atom stereocenters. The number of aryl methyl sites for hydroxylation is 1. The van der Waals surface area contributed by atoms with Gasteiger partial charge in [0.05, 0.1) is 5.69 Å². The first-order valence-corrected chi connectivity index (χ1v) is 8.76. The molecule has 0 fully saturated rings. The molecule has 0 aliphatic rings. The van der Waals surface area contributed by atoms with Gasteiger partial charge in [0, 0.05) is 36.0 Å². The third-order valence-corrected chi connectivity index (χ3v) is 4.02. The SMILES string of the molecule is Cc1cc(-c2cc(N(C)C(=O)O)ncn2)cnc1OC[C@@](C)(N)CC(C)C. The zero-order chi connectivity index (χ0) is 20.2. The smallest absolute Gasteiger partial charge is 0.412 e. The minimum Gasteiger partial charge on any atom is -0.476 e. The highest BCUT2D eigenvalue weighted by Crippen LogP contribution is 2.25. The molecule has 146 valence electrons. The summed E-state index contributed by atoms with van der Waals surface area (Å²) >= 11 is 0. The van der Waals surface area contributed by atoms with E-state index in [0.29, 0.717) is 24.1 Å². The maximum Gasteiger partial charge on any atom is 0.412 e. The third kappa shape index (κ3) is 5.62. The number of pyridine rings is 1. The molecule has 0 saturated carbocycles. The Balaban J connectivity index is 2.17. The van der Waals surface area contributed by atoms with E-state index >= 15 is 0 Å². The Bertz CT molecular complexity index is 808. The summed E-state index contributed by atoms with van der Waals surface area (Å²) in [6, 6.07) is 3.50. The number of carbonyl (C=O) groups is 1. The van der Waals surface area contributed by atoms with Gasteiger partial charge in [0.2, 0.25) is 5.88 Å². The van der Waals surface area contributed by atoms with E-state index in [1.165, 1.54) is 13.4 Å². The summed E-state index contributed by atoms with van der Waals surface area (Å²) in [7, 11) is 1.43. The molecule has 0 unspecified atom stereocenters. The van der Waals surface area contributed by atoms with Crippen molar-refractivity contribution in [2.45, 2.75) is 39.7 Å². The van der Waals surface area contributed by atoms with Crippen LogP contribution >= 0.6 is 0 Å². The lowest BCUT2D eigenvalue weighted by atomic mass is 9.93. The predicted octanol–water partition coefficient (Wildman–Crippen LogP) is 3.10. The van der Waals surface area contributed by atoms with E-state index in [1.54, 1.807) is 12.3 Å². The Kier molecular flexibility index (Phi) is 6.32. The molecule has 1 amide bonds. The van der Waals surface area contributed by atoms with E-state index in [9.17, 15) is 4.79 Å². The topological polar surface area (TPSA) is 114 Å². The minimum absolute atomic E-state index is 0.290. The molecule has 0 aromatic carbocycles. The maximum atomic E-state index is 11.1. The van der Waals surface area contributed by atoms with Gasteiger partial charge in [0.25, 0.3) is 0 Å². The van der Waals surface area contributed by atoms with Gasteiger partial charge < -0.3 is 15.6 Å². The molecular formula is C19H27N5O3. The molecule has 27 heavy (non-hydrogen) atoms. The van der Waals surface area contributed by atoms with Crippen molar-refractivity contribution in [1.82, 2.24) is 15.0 Å². The zero-order valence-corrected chi connectivity index (χ0v) is 16.4. The van der Waals surface area contributed by atoms with Gasteiger partial charge >= 0.3 is 6.09 Å². The normalized spacial score (nSPS) is 13.3. The Morgan fingerprint density at radius 2 is 2.04 bits per heavy atom. The lowest BCUT2D eigenvalue weighted by Gasteiger charge is -2.26. The van der Waals surface area contributed by atoms with Gasteiger partial charge in [0.15, 0.2) is 0 Å². The van der Waals surface area contributed by atoms with Crippen LogP contribution in [0.25, 0.3) is 11.3 Å². The van der Waals surface area contributed by atoms with Crippen LogP contribution in [0, 0.1) is 12.8 Å². The average molecular weight is 373 g/mol. The van der Waals surface area contributed by atoms with Crippen molar-refractivity contribution >= 4 is 11.9 Å². The molecule has 0 radical (unpaired) electrons. The second-order valence-corrected chi connectivity index (χ2v) is 7.49. The Hall–Kier alpha value is -2.74. The van der Waals surface area contributed by atoms with E-state index in [1.807, 2.05) is 19.9 Å². The Morgan fingerprint density at radius 3 is 2.63 bits per heavy atom. The summed E-state index contributed by atoms with van der Waals surface area (Å²) in [4.78, 5) is 24.7. The van der Waals surface area contributed by atoms with Gasteiger partial charge in [-0.1, -0.05) is 13.8 Å². The van der Waals surface area contributed by atoms with Crippen LogP contribution in [0.5, 0.6) is 5.88 Å². The Labute approximate surface area is 159 Å². The second kappa shape index (κ2) is 8.30. The van der Waals surface area contributed by atoms with Gasteiger partial charge in [-0.15, -0.1) is 0 Å². The molecule has 0 saturated heterocycles. The molecule has 3 N–H and O–H groups in total. The second-order valence-electron chi connectivity index (χ2n) is 7.49. The highest BCUT2D eigenvalue weighted by Gasteiger charge is 2.22. The summed E-state index contributed by atoms with van der Waals surface area (Å²) in [5.41, 5.74) is 8.04. The van der Waals surface area contributed by atoms with Gasteiger partial charge in [-0.2, -0.15) is 0 Å². The molecule has 0 bridgehead atoms.